The first-order valence-electron chi connectivity index (χ1n) is 5.94. The van der Waals surface area contributed by atoms with Crippen LogP contribution in [0.2, 0.25) is 10.0 Å². The molecule has 2 rings (SSSR count). The minimum atomic E-state index is -1.36. The number of anilines is 1. The zero-order chi connectivity index (χ0) is 14.9. The minimum Gasteiger partial charge on any atom is -0.398 e. The highest BCUT2D eigenvalue weighted by Gasteiger charge is 2.16. The van der Waals surface area contributed by atoms with E-state index < -0.39 is 10.8 Å². The van der Waals surface area contributed by atoms with Gasteiger partial charge in [0.2, 0.25) is 0 Å². The molecule has 0 radical (unpaired) electrons. The molecule has 0 aliphatic carbocycles. The molecule has 20 heavy (non-hydrogen) atoms. The molecular formula is C14H14Cl2N2OS. The summed E-state index contributed by atoms with van der Waals surface area (Å²) in [5.74, 6) is 0.236. The van der Waals surface area contributed by atoms with Crippen LogP contribution in [0.1, 0.15) is 16.8 Å². The molecule has 0 bridgehead atoms. The fraction of sp³-hybridized carbons (Fsp3) is 0.214. The van der Waals surface area contributed by atoms with Crippen LogP contribution >= 0.6 is 23.2 Å². The van der Waals surface area contributed by atoms with E-state index in [1.54, 1.807) is 24.4 Å². The van der Waals surface area contributed by atoms with Crippen LogP contribution in [0.5, 0.6) is 0 Å². The number of nitrogens with zero attached hydrogens (tertiary/aromatic N) is 1. The van der Waals surface area contributed by atoms with Crippen molar-refractivity contribution >= 4 is 39.7 Å². The smallest absolute Gasteiger partial charge is 0.0764 e. The van der Waals surface area contributed by atoms with Crippen molar-refractivity contribution < 1.29 is 4.21 Å². The van der Waals surface area contributed by atoms with Gasteiger partial charge in [-0.15, -0.1) is 0 Å². The molecule has 2 N–H and O–H groups in total. The highest BCUT2D eigenvalue weighted by Crippen LogP contribution is 2.30. The molecule has 0 saturated carbocycles. The lowest BCUT2D eigenvalue weighted by Crippen LogP contribution is -2.06. The van der Waals surface area contributed by atoms with Crippen LogP contribution in [0, 0.1) is 13.8 Å². The maximum absolute atomic E-state index is 12.5. The summed E-state index contributed by atoms with van der Waals surface area (Å²) in [5, 5.41) is 0.794. The van der Waals surface area contributed by atoms with Crippen LogP contribution in [-0.2, 0) is 16.6 Å². The number of nitrogen functional groups attached to an aromatic ring is 1. The molecule has 1 unspecified atom stereocenters. The number of nitrogens with two attached hydrogens (primary N) is 1. The third-order valence-electron chi connectivity index (χ3n) is 3.09. The Morgan fingerprint density at radius 1 is 1.25 bits per heavy atom. The van der Waals surface area contributed by atoms with Crippen molar-refractivity contribution in [1.29, 1.82) is 0 Å². The number of benzene rings is 1. The highest BCUT2D eigenvalue weighted by molar-refractivity contribution is 7.84. The number of hydrogen-bond donors (Lipinski definition) is 1. The molecule has 1 atom stereocenters. The number of aromatic nitrogens is 1. The van der Waals surface area contributed by atoms with Gasteiger partial charge < -0.3 is 5.73 Å². The summed E-state index contributed by atoms with van der Waals surface area (Å²) in [7, 11) is -1.36. The Hall–Kier alpha value is -1.10. The van der Waals surface area contributed by atoms with Gasteiger partial charge in [-0.1, -0.05) is 29.3 Å². The van der Waals surface area contributed by atoms with Gasteiger partial charge in [0, 0.05) is 11.9 Å². The standard InChI is InChI=1S/C14H14Cl2N2OS/c1-8-6-18-12(9(2)13(8)17)7-20(19)14-10(15)4-3-5-11(14)16/h3-6H,7H2,1-2H3,(H2,17,18). The van der Waals surface area contributed by atoms with E-state index in [-0.39, 0.29) is 5.75 Å². The maximum Gasteiger partial charge on any atom is 0.0764 e. The van der Waals surface area contributed by atoms with E-state index >= 15 is 0 Å². The Balaban J connectivity index is 2.36. The van der Waals surface area contributed by atoms with Crippen molar-refractivity contribution in [3.8, 4) is 0 Å². The summed E-state index contributed by atoms with van der Waals surface area (Å²) in [4.78, 5) is 4.75. The first-order valence-corrected chi connectivity index (χ1v) is 8.02. The molecule has 0 spiro atoms. The van der Waals surface area contributed by atoms with E-state index in [0.29, 0.717) is 26.3 Å². The van der Waals surface area contributed by atoms with Gasteiger partial charge in [-0.3, -0.25) is 9.19 Å². The first kappa shape index (κ1) is 15.3. The third kappa shape index (κ3) is 2.97. The van der Waals surface area contributed by atoms with Gasteiger partial charge in [-0.25, -0.2) is 0 Å². The molecule has 6 heteroatoms. The predicted molar refractivity (Wildman–Crippen MR) is 84.7 cm³/mol. The number of rotatable bonds is 3. The second kappa shape index (κ2) is 6.12. The SMILES string of the molecule is Cc1cnc(CS(=O)c2c(Cl)cccc2Cl)c(C)c1N. The largest absolute Gasteiger partial charge is 0.398 e. The van der Waals surface area contributed by atoms with Crippen molar-refractivity contribution in [2.24, 2.45) is 0 Å². The lowest BCUT2D eigenvalue weighted by Gasteiger charge is -2.11. The van der Waals surface area contributed by atoms with E-state index in [4.69, 9.17) is 28.9 Å². The second-order valence-electron chi connectivity index (χ2n) is 4.47. The molecule has 1 aromatic heterocycles. The molecule has 1 heterocycles. The molecule has 0 aliphatic heterocycles. The number of hydrogen-bond acceptors (Lipinski definition) is 3. The molecule has 2 aromatic rings. The molecule has 1 aromatic carbocycles. The summed E-state index contributed by atoms with van der Waals surface area (Å²) in [6.45, 7) is 3.76. The topological polar surface area (TPSA) is 56.0 Å². The lowest BCUT2D eigenvalue weighted by atomic mass is 10.1. The van der Waals surface area contributed by atoms with Crippen LogP contribution < -0.4 is 5.73 Å². The summed E-state index contributed by atoms with van der Waals surface area (Å²) in [6, 6.07) is 5.06. The summed E-state index contributed by atoms with van der Waals surface area (Å²) in [6.07, 6.45) is 1.68. The van der Waals surface area contributed by atoms with Crippen molar-refractivity contribution in [2.45, 2.75) is 24.5 Å². The molecule has 0 aliphatic rings. The zero-order valence-electron chi connectivity index (χ0n) is 11.1. The maximum atomic E-state index is 12.5. The molecule has 0 fully saturated rings. The van der Waals surface area contributed by atoms with E-state index in [1.807, 2.05) is 13.8 Å². The Morgan fingerprint density at radius 3 is 2.45 bits per heavy atom. The zero-order valence-corrected chi connectivity index (χ0v) is 13.4. The highest BCUT2D eigenvalue weighted by atomic mass is 35.5. The van der Waals surface area contributed by atoms with E-state index in [2.05, 4.69) is 4.98 Å². The van der Waals surface area contributed by atoms with Crippen molar-refractivity contribution in [2.75, 3.05) is 5.73 Å². The van der Waals surface area contributed by atoms with Gasteiger partial charge in [0.1, 0.15) is 0 Å². The van der Waals surface area contributed by atoms with Crippen molar-refractivity contribution in [3.63, 3.8) is 0 Å². The number of aryl methyl sites for hydroxylation is 1. The minimum absolute atomic E-state index is 0.236. The molecular weight excluding hydrogens is 315 g/mol. The van der Waals surface area contributed by atoms with E-state index in [1.165, 1.54) is 0 Å². The Labute approximate surface area is 130 Å². The van der Waals surface area contributed by atoms with Crippen LogP contribution in [0.4, 0.5) is 5.69 Å². The number of halogens is 2. The summed E-state index contributed by atoms with van der Waals surface area (Å²) in [5.41, 5.74) is 9.10. The van der Waals surface area contributed by atoms with Crippen LogP contribution in [-0.4, -0.2) is 9.19 Å². The van der Waals surface area contributed by atoms with E-state index in [9.17, 15) is 4.21 Å². The third-order valence-corrected chi connectivity index (χ3v) is 5.38. The van der Waals surface area contributed by atoms with Gasteiger partial charge >= 0.3 is 0 Å². The number of pyridine rings is 1. The van der Waals surface area contributed by atoms with Crippen molar-refractivity contribution in [3.05, 3.63) is 51.3 Å². The van der Waals surface area contributed by atoms with Gasteiger partial charge in [-0.05, 0) is 37.1 Å². The summed E-state index contributed by atoms with van der Waals surface area (Å²) < 4.78 is 12.5. The fourth-order valence-corrected chi connectivity index (χ4v) is 4.00. The van der Waals surface area contributed by atoms with Gasteiger partial charge in [0.15, 0.2) is 0 Å². The molecule has 0 saturated heterocycles. The average molecular weight is 329 g/mol. The van der Waals surface area contributed by atoms with Crippen molar-refractivity contribution in [1.82, 2.24) is 4.98 Å². The average Bonchev–Trinajstić information content (AvgIpc) is 2.39. The van der Waals surface area contributed by atoms with Crippen LogP contribution in [0.25, 0.3) is 0 Å². The predicted octanol–water partition coefficient (Wildman–Crippen LogP) is 3.90. The Kier molecular flexibility index (Phi) is 4.68. The lowest BCUT2D eigenvalue weighted by molar-refractivity contribution is 0.682. The fourth-order valence-electron chi connectivity index (χ4n) is 1.83. The van der Waals surface area contributed by atoms with Gasteiger partial charge in [0.05, 0.1) is 37.2 Å². The first-order chi connectivity index (χ1) is 9.41. The Morgan fingerprint density at radius 2 is 1.85 bits per heavy atom. The quantitative estimate of drug-likeness (QED) is 0.929. The normalized spacial score (nSPS) is 12.4. The van der Waals surface area contributed by atoms with E-state index in [0.717, 1.165) is 11.1 Å². The molecule has 3 nitrogen and oxygen atoms in total. The van der Waals surface area contributed by atoms with Crippen LogP contribution in [0.3, 0.4) is 0 Å². The summed E-state index contributed by atoms with van der Waals surface area (Å²) >= 11 is 12.1. The van der Waals surface area contributed by atoms with Gasteiger partial charge in [-0.2, -0.15) is 0 Å². The monoisotopic (exact) mass is 328 g/mol. The Bertz CT molecular complexity index is 669. The molecule has 0 amide bonds. The second-order valence-corrected chi connectivity index (χ2v) is 6.67. The van der Waals surface area contributed by atoms with Gasteiger partial charge in [0.25, 0.3) is 0 Å². The van der Waals surface area contributed by atoms with Crippen LogP contribution in [0.15, 0.2) is 29.3 Å². The molecule has 106 valence electrons.